The summed E-state index contributed by atoms with van der Waals surface area (Å²) in [4.78, 5) is 14.9. The SMILES string of the molecule is Cc1ccc(-c2cn[nH]c2[C@H]2CCCN(C(=O)c3ccccc3C#N)C2)cc1. The molecule has 28 heavy (non-hydrogen) atoms. The van der Waals surface area contributed by atoms with Crippen LogP contribution in [0.15, 0.2) is 54.7 Å². The summed E-state index contributed by atoms with van der Waals surface area (Å²) in [5.74, 6) is 0.129. The summed E-state index contributed by atoms with van der Waals surface area (Å²) in [6.45, 7) is 3.41. The number of piperidine rings is 1. The van der Waals surface area contributed by atoms with Crippen molar-refractivity contribution in [3.63, 3.8) is 0 Å². The fraction of sp³-hybridized carbons (Fsp3) is 0.261. The van der Waals surface area contributed by atoms with Gasteiger partial charge in [0, 0.05) is 30.3 Å². The van der Waals surface area contributed by atoms with Crippen molar-refractivity contribution in [3.05, 3.63) is 77.1 Å². The average molecular weight is 370 g/mol. The lowest BCUT2D eigenvalue weighted by Gasteiger charge is -2.33. The molecule has 1 aliphatic rings. The fourth-order valence-corrected chi connectivity index (χ4v) is 3.91. The molecule has 5 nitrogen and oxygen atoms in total. The Morgan fingerprint density at radius 3 is 2.79 bits per heavy atom. The molecule has 1 amide bonds. The van der Waals surface area contributed by atoms with Gasteiger partial charge in [0.1, 0.15) is 0 Å². The first-order chi connectivity index (χ1) is 13.7. The van der Waals surface area contributed by atoms with Crippen LogP contribution in [0.25, 0.3) is 11.1 Å². The van der Waals surface area contributed by atoms with Gasteiger partial charge >= 0.3 is 0 Å². The fourth-order valence-electron chi connectivity index (χ4n) is 3.91. The highest BCUT2D eigenvalue weighted by Gasteiger charge is 2.29. The van der Waals surface area contributed by atoms with Crippen molar-refractivity contribution in [2.24, 2.45) is 0 Å². The Bertz CT molecular complexity index is 1030. The van der Waals surface area contributed by atoms with E-state index in [9.17, 15) is 10.1 Å². The number of likely N-dealkylation sites (tertiary alicyclic amines) is 1. The van der Waals surface area contributed by atoms with E-state index in [2.05, 4.69) is 47.5 Å². The van der Waals surface area contributed by atoms with Crippen LogP contribution in [0.3, 0.4) is 0 Å². The zero-order valence-electron chi connectivity index (χ0n) is 15.9. The van der Waals surface area contributed by atoms with Crippen LogP contribution < -0.4 is 0 Å². The van der Waals surface area contributed by atoms with Crippen molar-refractivity contribution in [1.82, 2.24) is 15.1 Å². The van der Waals surface area contributed by atoms with Crippen LogP contribution in [0.4, 0.5) is 0 Å². The van der Waals surface area contributed by atoms with Gasteiger partial charge in [0.05, 0.1) is 23.4 Å². The molecule has 1 aromatic heterocycles. The minimum atomic E-state index is -0.0711. The van der Waals surface area contributed by atoms with E-state index in [0.717, 1.165) is 29.7 Å². The summed E-state index contributed by atoms with van der Waals surface area (Å²) in [5.41, 5.74) is 5.43. The Hall–Kier alpha value is -3.39. The summed E-state index contributed by atoms with van der Waals surface area (Å²) in [7, 11) is 0. The van der Waals surface area contributed by atoms with Crippen LogP contribution in [0.5, 0.6) is 0 Å². The Kier molecular flexibility index (Phi) is 4.94. The topological polar surface area (TPSA) is 72.8 Å². The number of aromatic amines is 1. The molecule has 3 aromatic rings. The van der Waals surface area contributed by atoms with Gasteiger partial charge in [0.25, 0.3) is 5.91 Å². The second-order valence-electron chi connectivity index (χ2n) is 7.31. The molecule has 1 saturated heterocycles. The maximum absolute atomic E-state index is 13.0. The molecule has 140 valence electrons. The number of H-pyrrole nitrogens is 1. The van der Waals surface area contributed by atoms with Gasteiger partial charge in [-0.3, -0.25) is 9.89 Å². The van der Waals surface area contributed by atoms with E-state index < -0.39 is 0 Å². The number of rotatable bonds is 3. The minimum Gasteiger partial charge on any atom is -0.338 e. The second-order valence-corrected chi connectivity index (χ2v) is 7.31. The Morgan fingerprint density at radius 1 is 1.21 bits per heavy atom. The van der Waals surface area contributed by atoms with Gasteiger partial charge in [-0.05, 0) is 37.5 Å². The monoisotopic (exact) mass is 370 g/mol. The largest absolute Gasteiger partial charge is 0.338 e. The van der Waals surface area contributed by atoms with E-state index in [1.54, 1.807) is 24.3 Å². The molecule has 1 atom stereocenters. The van der Waals surface area contributed by atoms with E-state index in [-0.39, 0.29) is 11.8 Å². The molecule has 0 saturated carbocycles. The molecular formula is C23H22N4O. The Balaban J connectivity index is 1.59. The molecule has 5 heteroatoms. The number of benzene rings is 2. The first-order valence-corrected chi connectivity index (χ1v) is 9.56. The minimum absolute atomic E-state index is 0.0711. The third kappa shape index (κ3) is 3.41. The number of nitrogens with one attached hydrogen (secondary N) is 1. The molecule has 4 rings (SSSR count). The first-order valence-electron chi connectivity index (χ1n) is 9.56. The molecule has 0 radical (unpaired) electrons. The van der Waals surface area contributed by atoms with Crippen molar-refractivity contribution < 1.29 is 4.79 Å². The van der Waals surface area contributed by atoms with E-state index >= 15 is 0 Å². The van der Waals surface area contributed by atoms with Crippen molar-refractivity contribution in [2.75, 3.05) is 13.1 Å². The molecule has 0 bridgehead atoms. The molecule has 2 aromatic carbocycles. The van der Waals surface area contributed by atoms with Gasteiger partial charge in [0.15, 0.2) is 0 Å². The highest BCUT2D eigenvalue weighted by Crippen LogP contribution is 2.33. The number of aryl methyl sites for hydroxylation is 1. The van der Waals surface area contributed by atoms with Crippen molar-refractivity contribution >= 4 is 5.91 Å². The first kappa shape index (κ1) is 18.0. The standard InChI is InChI=1S/C23H22N4O/c1-16-8-10-17(11-9-16)21-14-25-26-22(21)19-6-4-12-27(15-19)23(28)20-7-3-2-5-18(20)13-24/h2-3,5,7-11,14,19H,4,6,12,15H2,1H3,(H,25,26)/t19-/m0/s1. The summed E-state index contributed by atoms with van der Waals surface area (Å²) in [6.07, 6.45) is 3.80. The molecule has 1 fully saturated rings. The lowest BCUT2D eigenvalue weighted by molar-refractivity contribution is 0.0705. The van der Waals surface area contributed by atoms with Gasteiger partial charge in [-0.25, -0.2) is 0 Å². The van der Waals surface area contributed by atoms with Gasteiger partial charge in [-0.1, -0.05) is 42.0 Å². The maximum Gasteiger partial charge on any atom is 0.255 e. The number of hydrogen-bond acceptors (Lipinski definition) is 3. The maximum atomic E-state index is 13.0. The van der Waals surface area contributed by atoms with Crippen LogP contribution >= 0.6 is 0 Å². The number of aromatic nitrogens is 2. The summed E-state index contributed by atoms with van der Waals surface area (Å²) >= 11 is 0. The van der Waals surface area contributed by atoms with E-state index in [1.807, 2.05) is 11.1 Å². The second kappa shape index (κ2) is 7.69. The van der Waals surface area contributed by atoms with Gasteiger partial charge < -0.3 is 4.90 Å². The van der Waals surface area contributed by atoms with Crippen molar-refractivity contribution in [3.8, 4) is 17.2 Å². The zero-order chi connectivity index (χ0) is 19.5. The highest BCUT2D eigenvalue weighted by atomic mass is 16.2. The zero-order valence-corrected chi connectivity index (χ0v) is 15.9. The van der Waals surface area contributed by atoms with Crippen LogP contribution in [0.2, 0.25) is 0 Å². The number of amides is 1. The number of carbonyl (C=O) groups excluding carboxylic acids is 1. The lowest BCUT2D eigenvalue weighted by Crippen LogP contribution is -2.39. The lowest BCUT2D eigenvalue weighted by atomic mass is 9.90. The van der Waals surface area contributed by atoms with Crippen molar-refractivity contribution in [1.29, 1.82) is 5.26 Å². The van der Waals surface area contributed by atoms with Crippen LogP contribution in [-0.2, 0) is 0 Å². The molecule has 2 heterocycles. The third-order valence-electron chi connectivity index (χ3n) is 5.43. The Labute approximate surface area is 164 Å². The molecule has 0 spiro atoms. The highest BCUT2D eigenvalue weighted by molar-refractivity contribution is 5.96. The average Bonchev–Trinajstić information content (AvgIpc) is 3.24. The summed E-state index contributed by atoms with van der Waals surface area (Å²) < 4.78 is 0. The van der Waals surface area contributed by atoms with Crippen molar-refractivity contribution in [2.45, 2.75) is 25.7 Å². The molecule has 1 aliphatic heterocycles. The third-order valence-corrected chi connectivity index (χ3v) is 5.43. The van der Waals surface area contributed by atoms with E-state index in [0.29, 0.717) is 24.2 Å². The summed E-state index contributed by atoms with van der Waals surface area (Å²) in [5, 5.41) is 16.8. The summed E-state index contributed by atoms with van der Waals surface area (Å²) in [6, 6.07) is 17.6. The number of hydrogen-bond donors (Lipinski definition) is 1. The quantitative estimate of drug-likeness (QED) is 0.748. The molecule has 1 N–H and O–H groups in total. The van der Waals surface area contributed by atoms with E-state index in [1.165, 1.54) is 5.56 Å². The molecule has 0 aliphatic carbocycles. The van der Waals surface area contributed by atoms with Crippen LogP contribution in [0.1, 0.15) is 45.9 Å². The Morgan fingerprint density at radius 2 is 2.00 bits per heavy atom. The van der Waals surface area contributed by atoms with Gasteiger partial charge in [-0.15, -0.1) is 0 Å². The van der Waals surface area contributed by atoms with Gasteiger partial charge in [-0.2, -0.15) is 10.4 Å². The predicted molar refractivity (Wildman–Crippen MR) is 108 cm³/mol. The number of nitrogens with zero attached hydrogens (tertiary/aromatic N) is 3. The number of nitriles is 1. The number of carbonyl (C=O) groups is 1. The van der Waals surface area contributed by atoms with Gasteiger partial charge in [0.2, 0.25) is 0 Å². The normalized spacial score (nSPS) is 16.6. The molecular weight excluding hydrogens is 348 g/mol. The van der Waals surface area contributed by atoms with Crippen LogP contribution in [0, 0.1) is 18.3 Å². The van der Waals surface area contributed by atoms with E-state index in [4.69, 9.17) is 0 Å². The molecule has 0 unspecified atom stereocenters. The smallest absolute Gasteiger partial charge is 0.255 e. The van der Waals surface area contributed by atoms with Crippen LogP contribution in [-0.4, -0.2) is 34.1 Å². The predicted octanol–water partition coefficient (Wildman–Crippen LogP) is 4.28.